The largest absolute Gasteiger partial charge is 0.305 e. The van der Waals surface area contributed by atoms with Crippen LogP contribution >= 0.6 is 11.6 Å². The highest BCUT2D eigenvalue weighted by molar-refractivity contribution is 6.31. The number of nitrogens with zero attached hydrogens (tertiary/aromatic N) is 2. The molecule has 0 radical (unpaired) electrons. The van der Waals surface area contributed by atoms with E-state index in [2.05, 4.69) is 49.4 Å². The Morgan fingerprint density at radius 3 is 2.68 bits per heavy atom. The van der Waals surface area contributed by atoms with Crippen molar-refractivity contribution in [2.24, 2.45) is 7.05 Å². The zero-order chi connectivity index (χ0) is 14.0. The molecule has 2 rings (SSSR count). The standard InChI is InChI=1S/C15H20ClN3/c1-5-17-14(15-13(16)9-18-19(15)4)12-8-10(2)6-7-11(12)3/h6-9,14,17H,5H2,1-4H3. The Labute approximate surface area is 119 Å². The number of benzene rings is 1. The molecule has 0 fully saturated rings. The third kappa shape index (κ3) is 2.82. The molecule has 1 aromatic heterocycles. The topological polar surface area (TPSA) is 29.9 Å². The first-order valence-corrected chi connectivity index (χ1v) is 6.90. The van der Waals surface area contributed by atoms with Crippen LogP contribution in [0.1, 0.15) is 35.3 Å². The van der Waals surface area contributed by atoms with Crippen molar-refractivity contribution in [1.82, 2.24) is 15.1 Å². The summed E-state index contributed by atoms with van der Waals surface area (Å²) in [6, 6.07) is 6.57. The fraction of sp³-hybridized carbons (Fsp3) is 0.400. The summed E-state index contributed by atoms with van der Waals surface area (Å²) in [5.41, 5.74) is 4.78. The molecule has 0 saturated carbocycles. The van der Waals surface area contributed by atoms with Gasteiger partial charge in [-0.3, -0.25) is 4.68 Å². The van der Waals surface area contributed by atoms with Crippen LogP contribution in [0.5, 0.6) is 0 Å². The van der Waals surface area contributed by atoms with E-state index in [0.717, 1.165) is 12.2 Å². The van der Waals surface area contributed by atoms with Crippen LogP contribution in [0.15, 0.2) is 24.4 Å². The van der Waals surface area contributed by atoms with E-state index in [0.29, 0.717) is 5.02 Å². The van der Waals surface area contributed by atoms with Gasteiger partial charge in [-0.15, -0.1) is 0 Å². The van der Waals surface area contributed by atoms with Crippen LogP contribution in [0.4, 0.5) is 0 Å². The molecule has 0 aliphatic rings. The molecule has 1 heterocycles. The maximum atomic E-state index is 6.29. The number of hydrogen-bond acceptors (Lipinski definition) is 2. The van der Waals surface area contributed by atoms with E-state index in [1.165, 1.54) is 16.7 Å². The lowest BCUT2D eigenvalue weighted by atomic mass is 9.96. The summed E-state index contributed by atoms with van der Waals surface area (Å²) in [6.45, 7) is 7.21. The van der Waals surface area contributed by atoms with Gasteiger partial charge in [0.15, 0.2) is 0 Å². The molecule has 0 aliphatic heterocycles. The Morgan fingerprint density at radius 1 is 1.37 bits per heavy atom. The molecule has 3 nitrogen and oxygen atoms in total. The molecule has 1 atom stereocenters. The average molecular weight is 278 g/mol. The van der Waals surface area contributed by atoms with Crippen molar-refractivity contribution < 1.29 is 0 Å². The smallest absolute Gasteiger partial charge is 0.0837 e. The maximum absolute atomic E-state index is 6.29. The van der Waals surface area contributed by atoms with Crippen molar-refractivity contribution in [1.29, 1.82) is 0 Å². The van der Waals surface area contributed by atoms with Crippen molar-refractivity contribution >= 4 is 11.6 Å². The molecule has 0 amide bonds. The minimum absolute atomic E-state index is 0.0740. The summed E-state index contributed by atoms with van der Waals surface area (Å²) in [5, 5.41) is 8.45. The quantitative estimate of drug-likeness (QED) is 0.928. The lowest BCUT2D eigenvalue weighted by Crippen LogP contribution is -2.25. The van der Waals surface area contributed by atoms with Gasteiger partial charge in [0, 0.05) is 7.05 Å². The fourth-order valence-corrected chi connectivity index (χ4v) is 2.65. The number of hydrogen-bond donors (Lipinski definition) is 1. The van der Waals surface area contributed by atoms with E-state index in [1.807, 2.05) is 11.7 Å². The highest BCUT2D eigenvalue weighted by Crippen LogP contribution is 2.30. The van der Waals surface area contributed by atoms with Crippen molar-refractivity contribution in [3.63, 3.8) is 0 Å². The third-order valence-corrected chi connectivity index (χ3v) is 3.66. The van der Waals surface area contributed by atoms with Gasteiger partial charge in [0.05, 0.1) is 23.0 Å². The molecular formula is C15H20ClN3. The van der Waals surface area contributed by atoms with E-state index in [1.54, 1.807) is 6.20 Å². The monoisotopic (exact) mass is 277 g/mol. The zero-order valence-corrected chi connectivity index (χ0v) is 12.6. The molecule has 1 unspecified atom stereocenters. The lowest BCUT2D eigenvalue weighted by Gasteiger charge is -2.21. The van der Waals surface area contributed by atoms with Crippen LogP contribution < -0.4 is 5.32 Å². The predicted octanol–water partition coefficient (Wildman–Crippen LogP) is 3.39. The number of aryl methyl sites for hydroxylation is 3. The van der Waals surface area contributed by atoms with Gasteiger partial charge < -0.3 is 5.32 Å². The minimum atomic E-state index is 0.0740. The summed E-state index contributed by atoms with van der Waals surface area (Å²) < 4.78 is 1.84. The van der Waals surface area contributed by atoms with E-state index in [4.69, 9.17) is 11.6 Å². The van der Waals surface area contributed by atoms with Crippen LogP contribution in [0.3, 0.4) is 0 Å². The van der Waals surface area contributed by atoms with E-state index in [9.17, 15) is 0 Å². The summed E-state index contributed by atoms with van der Waals surface area (Å²) >= 11 is 6.29. The molecular weight excluding hydrogens is 258 g/mol. The Morgan fingerprint density at radius 2 is 2.11 bits per heavy atom. The Hall–Kier alpha value is -1.32. The third-order valence-electron chi connectivity index (χ3n) is 3.37. The van der Waals surface area contributed by atoms with Crippen LogP contribution in [-0.2, 0) is 7.05 Å². The van der Waals surface area contributed by atoms with Gasteiger partial charge in [-0.25, -0.2) is 0 Å². The maximum Gasteiger partial charge on any atom is 0.0837 e. The zero-order valence-electron chi connectivity index (χ0n) is 11.9. The van der Waals surface area contributed by atoms with Crippen LogP contribution in [0, 0.1) is 13.8 Å². The first kappa shape index (κ1) is 14.1. The van der Waals surface area contributed by atoms with Crippen molar-refractivity contribution in [3.8, 4) is 0 Å². The summed E-state index contributed by atoms with van der Waals surface area (Å²) in [5.74, 6) is 0. The molecule has 2 aromatic rings. The van der Waals surface area contributed by atoms with Gasteiger partial charge in [0.25, 0.3) is 0 Å². The van der Waals surface area contributed by atoms with Crippen molar-refractivity contribution in [2.75, 3.05) is 6.54 Å². The van der Waals surface area contributed by atoms with E-state index in [-0.39, 0.29) is 6.04 Å². The molecule has 4 heteroatoms. The second kappa shape index (κ2) is 5.76. The van der Waals surface area contributed by atoms with Crippen molar-refractivity contribution in [2.45, 2.75) is 26.8 Å². The molecule has 102 valence electrons. The van der Waals surface area contributed by atoms with Crippen LogP contribution in [0.25, 0.3) is 0 Å². The lowest BCUT2D eigenvalue weighted by molar-refractivity contribution is 0.570. The Balaban J connectivity index is 2.54. The molecule has 1 aromatic carbocycles. The Kier molecular flexibility index (Phi) is 4.27. The Bertz CT molecular complexity index is 555. The number of aromatic nitrogens is 2. The van der Waals surface area contributed by atoms with Gasteiger partial charge in [0.1, 0.15) is 0 Å². The van der Waals surface area contributed by atoms with Gasteiger partial charge in [-0.05, 0) is 31.5 Å². The van der Waals surface area contributed by atoms with Crippen LogP contribution in [0.2, 0.25) is 5.02 Å². The van der Waals surface area contributed by atoms with Gasteiger partial charge >= 0.3 is 0 Å². The van der Waals surface area contributed by atoms with Crippen molar-refractivity contribution in [3.05, 3.63) is 51.8 Å². The van der Waals surface area contributed by atoms with Gasteiger partial charge in [-0.2, -0.15) is 5.10 Å². The van der Waals surface area contributed by atoms with Gasteiger partial charge in [-0.1, -0.05) is 42.3 Å². The molecule has 0 spiro atoms. The van der Waals surface area contributed by atoms with E-state index < -0.39 is 0 Å². The second-order valence-electron chi connectivity index (χ2n) is 4.85. The van der Waals surface area contributed by atoms with E-state index >= 15 is 0 Å². The summed E-state index contributed by atoms with van der Waals surface area (Å²) in [7, 11) is 1.93. The molecule has 0 saturated heterocycles. The predicted molar refractivity (Wildman–Crippen MR) is 79.7 cm³/mol. The molecule has 0 bridgehead atoms. The number of halogens is 1. The fourth-order valence-electron chi connectivity index (χ4n) is 2.37. The number of nitrogens with one attached hydrogen (secondary N) is 1. The first-order chi connectivity index (χ1) is 9.04. The van der Waals surface area contributed by atoms with Crippen LogP contribution in [-0.4, -0.2) is 16.3 Å². The first-order valence-electron chi connectivity index (χ1n) is 6.52. The minimum Gasteiger partial charge on any atom is -0.305 e. The highest BCUT2D eigenvalue weighted by Gasteiger charge is 2.21. The highest BCUT2D eigenvalue weighted by atomic mass is 35.5. The van der Waals surface area contributed by atoms with Gasteiger partial charge in [0.2, 0.25) is 0 Å². The summed E-state index contributed by atoms with van der Waals surface area (Å²) in [4.78, 5) is 0. The normalized spacial score (nSPS) is 12.7. The average Bonchev–Trinajstić information content (AvgIpc) is 2.70. The molecule has 19 heavy (non-hydrogen) atoms. The molecule has 1 N–H and O–H groups in total. The SMILES string of the molecule is CCNC(c1cc(C)ccc1C)c1c(Cl)cnn1C. The number of rotatable bonds is 4. The summed E-state index contributed by atoms with van der Waals surface area (Å²) in [6.07, 6.45) is 1.70. The second-order valence-corrected chi connectivity index (χ2v) is 5.26. The molecule has 0 aliphatic carbocycles.